The number of likely N-dealkylation sites (tertiary alicyclic amines) is 1. The average molecular weight is 479 g/mol. The van der Waals surface area contributed by atoms with Gasteiger partial charge in [0.05, 0.1) is 23.9 Å². The maximum atomic E-state index is 13.7. The molecule has 0 aliphatic carbocycles. The Hall–Kier alpha value is -3.07. The molecule has 1 unspecified atom stereocenters. The average Bonchev–Trinajstić information content (AvgIpc) is 3.31. The largest absolute Gasteiger partial charge is 0.484 e. The normalized spacial score (nSPS) is 15.9. The van der Waals surface area contributed by atoms with Crippen molar-refractivity contribution in [3.63, 3.8) is 0 Å². The highest BCUT2D eigenvalue weighted by Crippen LogP contribution is 2.38. The highest BCUT2D eigenvalue weighted by Gasteiger charge is 2.39. The highest BCUT2D eigenvalue weighted by molar-refractivity contribution is 5.95. The summed E-state index contributed by atoms with van der Waals surface area (Å²) in [4.78, 5) is 28.5. The first-order valence-electron chi connectivity index (χ1n) is 11.3. The topological polar surface area (TPSA) is 70.1 Å². The number of nitrogens with zero attached hydrogens (tertiary/aromatic N) is 2. The number of ether oxygens (including phenoxy) is 1. The number of benzene rings is 2. The summed E-state index contributed by atoms with van der Waals surface area (Å²) in [6.45, 7) is 2.04. The first kappa shape index (κ1) is 25.6. The van der Waals surface area contributed by atoms with E-state index in [9.17, 15) is 22.8 Å². The molecule has 1 heterocycles. The fourth-order valence-corrected chi connectivity index (χ4v) is 4.01. The second-order valence-electron chi connectivity index (χ2n) is 8.26. The Balaban J connectivity index is 1.73. The lowest BCUT2D eigenvalue weighted by molar-refractivity contribution is -0.137. The summed E-state index contributed by atoms with van der Waals surface area (Å²) in [7, 11) is 0. The van der Waals surface area contributed by atoms with Crippen LogP contribution < -0.4 is 9.64 Å². The zero-order valence-electron chi connectivity index (χ0n) is 19.1. The third-order valence-corrected chi connectivity index (χ3v) is 5.83. The number of halogens is 3. The lowest BCUT2D eigenvalue weighted by Gasteiger charge is -2.31. The number of para-hydroxylation sites is 1. The Labute approximate surface area is 196 Å². The highest BCUT2D eigenvalue weighted by atomic mass is 19.4. The van der Waals surface area contributed by atoms with Crippen LogP contribution in [-0.2, 0) is 22.4 Å². The molecular weight excluding hydrogens is 449 g/mol. The van der Waals surface area contributed by atoms with Crippen molar-refractivity contribution in [3.8, 4) is 5.75 Å². The molecule has 0 spiro atoms. The van der Waals surface area contributed by atoms with E-state index in [0.29, 0.717) is 30.7 Å². The number of aliphatic hydroxyl groups excluding tert-OH is 1. The molecule has 1 aliphatic heterocycles. The van der Waals surface area contributed by atoms with Crippen LogP contribution in [0, 0.1) is 0 Å². The standard InChI is InChI=1S/C25H29F3N2O4/c1-2-3-8-23(32)30(22-7-5-4-6-21(22)25(26,27)28)19-13-14-29(15-19)24(33)17-34-20-11-9-18(16-31)10-12-20/h4-7,9-12,19,31H,2-3,8,13-17H2,1H3. The number of aliphatic hydroxyl groups is 1. The second-order valence-corrected chi connectivity index (χ2v) is 8.26. The molecule has 0 bridgehead atoms. The summed E-state index contributed by atoms with van der Waals surface area (Å²) in [5.41, 5.74) is -0.317. The van der Waals surface area contributed by atoms with Gasteiger partial charge in [-0.2, -0.15) is 13.2 Å². The van der Waals surface area contributed by atoms with Gasteiger partial charge in [-0.1, -0.05) is 37.6 Å². The van der Waals surface area contributed by atoms with Crippen LogP contribution in [-0.4, -0.2) is 47.6 Å². The van der Waals surface area contributed by atoms with E-state index in [4.69, 9.17) is 9.84 Å². The number of carbonyl (C=O) groups excluding carboxylic acids is 2. The third kappa shape index (κ3) is 6.28. The number of carbonyl (C=O) groups is 2. The van der Waals surface area contributed by atoms with E-state index in [2.05, 4.69) is 0 Å². The Morgan fingerprint density at radius 2 is 1.85 bits per heavy atom. The summed E-state index contributed by atoms with van der Waals surface area (Å²) in [5, 5.41) is 9.10. The van der Waals surface area contributed by atoms with Gasteiger partial charge < -0.3 is 19.6 Å². The van der Waals surface area contributed by atoms with Crippen LogP contribution in [0.4, 0.5) is 18.9 Å². The number of unbranched alkanes of at least 4 members (excludes halogenated alkanes) is 1. The Morgan fingerprint density at radius 1 is 1.15 bits per heavy atom. The van der Waals surface area contributed by atoms with E-state index in [1.54, 1.807) is 24.3 Å². The molecule has 0 radical (unpaired) electrons. The van der Waals surface area contributed by atoms with Crippen molar-refractivity contribution in [2.75, 3.05) is 24.6 Å². The number of anilines is 1. The van der Waals surface area contributed by atoms with Crippen LogP contribution in [0.5, 0.6) is 5.75 Å². The second kappa shape index (κ2) is 11.4. The molecule has 184 valence electrons. The summed E-state index contributed by atoms with van der Waals surface area (Å²) < 4.78 is 46.6. The molecule has 34 heavy (non-hydrogen) atoms. The van der Waals surface area contributed by atoms with Crippen molar-refractivity contribution >= 4 is 17.5 Å². The number of alkyl halides is 3. The Kier molecular flexibility index (Phi) is 8.55. The zero-order chi connectivity index (χ0) is 24.7. The summed E-state index contributed by atoms with van der Waals surface area (Å²) >= 11 is 0. The van der Waals surface area contributed by atoms with E-state index in [1.807, 2.05) is 6.92 Å². The van der Waals surface area contributed by atoms with Gasteiger partial charge >= 0.3 is 6.18 Å². The molecule has 1 atom stereocenters. The van der Waals surface area contributed by atoms with Gasteiger partial charge in [-0.25, -0.2) is 0 Å². The van der Waals surface area contributed by atoms with Gasteiger partial charge in [-0.15, -0.1) is 0 Å². The van der Waals surface area contributed by atoms with E-state index >= 15 is 0 Å². The van der Waals surface area contributed by atoms with Gasteiger partial charge in [0, 0.05) is 19.5 Å². The molecule has 1 fully saturated rings. The fraction of sp³-hybridized carbons (Fsp3) is 0.440. The molecule has 6 nitrogen and oxygen atoms in total. The molecule has 0 saturated carbocycles. The number of hydrogen-bond donors (Lipinski definition) is 1. The summed E-state index contributed by atoms with van der Waals surface area (Å²) in [6.07, 6.45) is -2.78. The molecule has 2 aromatic rings. The molecule has 1 saturated heterocycles. The van der Waals surface area contributed by atoms with E-state index in [0.717, 1.165) is 12.5 Å². The third-order valence-electron chi connectivity index (χ3n) is 5.83. The number of rotatable bonds is 9. The lowest BCUT2D eigenvalue weighted by Crippen LogP contribution is -2.44. The van der Waals surface area contributed by atoms with Gasteiger partial charge in [0.25, 0.3) is 5.91 Å². The van der Waals surface area contributed by atoms with Crippen molar-refractivity contribution < 1.29 is 32.6 Å². The Bertz CT molecular complexity index is 979. The van der Waals surface area contributed by atoms with Gasteiger partial charge in [0.2, 0.25) is 5.91 Å². The van der Waals surface area contributed by atoms with Crippen LogP contribution in [0.2, 0.25) is 0 Å². The van der Waals surface area contributed by atoms with E-state index in [1.165, 1.54) is 28.0 Å². The maximum absolute atomic E-state index is 13.7. The minimum Gasteiger partial charge on any atom is -0.484 e. The molecule has 2 aromatic carbocycles. The molecule has 3 rings (SSSR count). The molecule has 2 amide bonds. The fourth-order valence-electron chi connectivity index (χ4n) is 4.01. The smallest absolute Gasteiger partial charge is 0.418 e. The predicted octanol–water partition coefficient (Wildman–Crippen LogP) is 4.40. The van der Waals surface area contributed by atoms with Crippen molar-refractivity contribution in [3.05, 3.63) is 59.7 Å². The minimum absolute atomic E-state index is 0.0979. The van der Waals surface area contributed by atoms with Gasteiger partial charge in [-0.3, -0.25) is 9.59 Å². The molecular formula is C25H29F3N2O4. The van der Waals surface area contributed by atoms with E-state index < -0.39 is 17.8 Å². The Morgan fingerprint density at radius 3 is 2.50 bits per heavy atom. The van der Waals surface area contributed by atoms with E-state index in [-0.39, 0.29) is 43.7 Å². The lowest BCUT2D eigenvalue weighted by atomic mass is 10.1. The SMILES string of the molecule is CCCCC(=O)N(c1ccccc1C(F)(F)F)C1CCN(C(=O)COc2ccc(CO)cc2)C1. The first-order chi connectivity index (χ1) is 16.2. The van der Waals surface area contributed by atoms with Crippen molar-refractivity contribution in [1.29, 1.82) is 0 Å². The van der Waals surface area contributed by atoms with Gasteiger partial charge in [-0.05, 0) is 42.7 Å². The predicted molar refractivity (Wildman–Crippen MR) is 121 cm³/mol. The van der Waals surface area contributed by atoms with Crippen LogP contribution in [0.25, 0.3) is 0 Å². The number of hydrogen-bond acceptors (Lipinski definition) is 4. The van der Waals surface area contributed by atoms with Crippen LogP contribution in [0.3, 0.4) is 0 Å². The summed E-state index contributed by atoms with van der Waals surface area (Å²) in [5.74, 6) is -0.214. The van der Waals surface area contributed by atoms with Crippen molar-refractivity contribution in [2.45, 2.75) is 51.4 Å². The van der Waals surface area contributed by atoms with Crippen LogP contribution >= 0.6 is 0 Å². The molecule has 1 N–H and O–H groups in total. The van der Waals surface area contributed by atoms with Crippen LogP contribution in [0.15, 0.2) is 48.5 Å². The van der Waals surface area contributed by atoms with Gasteiger partial charge in [0.1, 0.15) is 5.75 Å². The zero-order valence-corrected chi connectivity index (χ0v) is 19.1. The molecule has 9 heteroatoms. The monoisotopic (exact) mass is 478 g/mol. The van der Waals surface area contributed by atoms with Crippen molar-refractivity contribution in [1.82, 2.24) is 4.90 Å². The molecule has 1 aliphatic rings. The summed E-state index contributed by atoms with van der Waals surface area (Å²) in [6, 6.07) is 11.2. The van der Waals surface area contributed by atoms with Gasteiger partial charge in [0.15, 0.2) is 6.61 Å². The minimum atomic E-state index is -4.60. The number of amides is 2. The van der Waals surface area contributed by atoms with Crippen molar-refractivity contribution in [2.24, 2.45) is 0 Å². The quantitative estimate of drug-likeness (QED) is 0.580. The maximum Gasteiger partial charge on any atom is 0.418 e. The van der Waals surface area contributed by atoms with Crippen LogP contribution in [0.1, 0.15) is 43.7 Å². The molecule has 0 aromatic heterocycles. The first-order valence-corrected chi connectivity index (χ1v) is 11.3.